The van der Waals surface area contributed by atoms with E-state index in [0.29, 0.717) is 17.0 Å². The van der Waals surface area contributed by atoms with Gasteiger partial charge in [-0.2, -0.15) is 0 Å². The predicted molar refractivity (Wildman–Crippen MR) is 114 cm³/mol. The summed E-state index contributed by atoms with van der Waals surface area (Å²) < 4.78 is 14.8. The largest absolute Gasteiger partial charge is 0.329 e. The van der Waals surface area contributed by atoms with E-state index in [1.807, 2.05) is 30.3 Å². The van der Waals surface area contributed by atoms with Crippen LogP contribution in [0.25, 0.3) is 11.1 Å². The van der Waals surface area contributed by atoms with Crippen molar-refractivity contribution in [3.05, 3.63) is 87.0 Å². The van der Waals surface area contributed by atoms with Crippen molar-refractivity contribution in [1.82, 2.24) is 9.88 Å². The first kappa shape index (κ1) is 18.9. The maximum absolute atomic E-state index is 14.8. The van der Waals surface area contributed by atoms with Gasteiger partial charge < -0.3 is 15.2 Å². The molecule has 0 radical (unpaired) electrons. The molecule has 2 aliphatic rings. The second-order valence-electron chi connectivity index (χ2n) is 7.74. The van der Waals surface area contributed by atoms with Gasteiger partial charge in [0.05, 0.1) is 16.8 Å². The molecule has 2 atom stereocenters. The van der Waals surface area contributed by atoms with Gasteiger partial charge in [-0.3, -0.25) is 4.79 Å². The number of hydrogen-bond donors (Lipinski definition) is 2. The van der Waals surface area contributed by atoms with E-state index in [4.69, 9.17) is 11.6 Å². The Kier molecular flexibility index (Phi) is 4.59. The molecule has 30 heavy (non-hydrogen) atoms. The van der Waals surface area contributed by atoms with Gasteiger partial charge in [0.1, 0.15) is 5.82 Å². The summed E-state index contributed by atoms with van der Waals surface area (Å²) in [5.74, 6) is -0.541. The number of amides is 2. The smallest absolute Gasteiger partial charge is 0.322 e. The van der Waals surface area contributed by atoms with E-state index in [-0.39, 0.29) is 29.4 Å². The number of anilines is 1. The van der Waals surface area contributed by atoms with Crippen LogP contribution in [0.4, 0.5) is 14.9 Å². The number of benzene rings is 2. The Morgan fingerprint density at radius 3 is 2.77 bits per heavy atom. The SMILES string of the molecule is O=C(Nc1cc(Cl)c(-c2ccccc2)cc1F)N1[C@H]2CC[C@@H]1c1c[nH]c(=O)cc1C2. The molecule has 1 saturated heterocycles. The number of rotatable bonds is 2. The van der Waals surface area contributed by atoms with Crippen LogP contribution >= 0.6 is 11.6 Å². The van der Waals surface area contributed by atoms with Crippen LogP contribution in [0.3, 0.4) is 0 Å². The van der Waals surface area contributed by atoms with Crippen LogP contribution in [0.5, 0.6) is 0 Å². The molecule has 1 fully saturated rings. The number of fused-ring (bicyclic) bond motifs is 4. The average Bonchev–Trinajstić information content (AvgIpc) is 3.06. The van der Waals surface area contributed by atoms with Crippen molar-refractivity contribution < 1.29 is 9.18 Å². The highest BCUT2D eigenvalue weighted by Crippen LogP contribution is 2.43. The molecule has 2 amide bonds. The normalized spacial score (nSPS) is 19.5. The fraction of sp³-hybridized carbons (Fsp3) is 0.217. The summed E-state index contributed by atoms with van der Waals surface area (Å²) in [6.45, 7) is 0. The van der Waals surface area contributed by atoms with Crippen molar-refractivity contribution in [1.29, 1.82) is 0 Å². The number of hydrogen-bond acceptors (Lipinski definition) is 2. The molecule has 0 aliphatic carbocycles. The van der Waals surface area contributed by atoms with Gasteiger partial charge in [0, 0.05) is 23.9 Å². The summed E-state index contributed by atoms with van der Waals surface area (Å²) in [6, 6.07) is 13.2. The molecule has 0 saturated carbocycles. The minimum absolute atomic E-state index is 0.00794. The molecule has 7 heteroatoms. The number of carbonyl (C=O) groups excluding carboxylic acids is 1. The third kappa shape index (κ3) is 3.17. The lowest BCUT2D eigenvalue weighted by Gasteiger charge is -2.36. The molecule has 2 N–H and O–H groups in total. The van der Waals surface area contributed by atoms with Crippen molar-refractivity contribution in [2.75, 3.05) is 5.32 Å². The molecular formula is C23H19ClFN3O2. The van der Waals surface area contributed by atoms with Gasteiger partial charge in [-0.15, -0.1) is 0 Å². The zero-order chi connectivity index (χ0) is 20.8. The molecule has 5 nitrogen and oxygen atoms in total. The number of aromatic amines is 1. The lowest BCUT2D eigenvalue weighted by molar-refractivity contribution is 0.179. The van der Waals surface area contributed by atoms with Gasteiger partial charge >= 0.3 is 6.03 Å². The van der Waals surface area contributed by atoms with E-state index < -0.39 is 5.82 Å². The summed E-state index contributed by atoms with van der Waals surface area (Å²) in [4.78, 5) is 29.1. The Bertz CT molecular complexity index is 1190. The lowest BCUT2D eigenvalue weighted by Crippen LogP contribution is -2.44. The Morgan fingerprint density at radius 1 is 1.17 bits per heavy atom. The highest BCUT2D eigenvalue weighted by Gasteiger charge is 2.42. The summed E-state index contributed by atoms with van der Waals surface area (Å²) in [5, 5.41) is 3.06. The minimum Gasteiger partial charge on any atom is -0.329 e. The quantitative estimate of drug-likeness (QED) is 0.600. The van der Waals surface area contributed by atoms with Gasteiger partial charge in [0.2, 0.25) is 5.56 Å². The lowest BCUT2D eigenvalue weighted by atomic mass is 9.95. The summed E-state index contributed by atoms with van der Waals surface area (Å²) in [7, 11) is 0. The van der Waals surface area contributed by atoms with Crippen molar-refractivity contribution in [2.45, 2.75) is 31.3 Å². The van der Waals surface area contributed by atoms with Crippen LogP contribution in [-0.4, -0.2) is 22.0 Å². The van der Waals surface area contributed by atoms with E-state index >= 15 is 0 Å². The number of halogens is 2. The molecule has 0 unspecified atom stereocenters. The first-order valence-electron chi connectivity index (χ1n) is 9.86. The van der Waals surface area contributed by atoms with Gasteiger partial charge in [-0.1, -0.05) is 41.9 Å². The third-order valence-corrected chi connectivity index (χ3v) is 6.29. The molecule has 1 aromatic heterocycles. The van der Waals surface area contributed by atoms with Crippen LogP contribution < -0.4 is 10.9 Å². The number of nitrogens with one attached hydrogen (secondary N) is 2. The van der Waals surface area contributed by atoms with E-state index in [0.717, 1.165) is 29.5 Å². The fourth-order valence-electron chi connectivity index (χ4n) is 4.62. The van der Waals surface area contributed by atoms with E-state index in [1.54, 1.807) is 17.2 Å². The van der Waals surface area contributed by atoms with Gasteiger partial charge in [0.15, 0.2) is 0 Å². The first-order chi connectivity index (χ1) is 14.5. The van der Waals surface area contributed by atoms with E-state index in [2.05, 4.69) is 10.3 Å². The zero-order valence-corrected chi connectivity index (χ0v) is 16.7. The van der Waals surface area contributed by atoms with Crippen LogP contribution in [0.2, 0.25) is 5.02 Å². The summed E-state index contributed by atoms with van der Waals surface area (Å²) in [6.07, 6.45) is 3.97. The van der Waals surface area contributed by atoms with Crippen LogP contribution in [-0.2, 0) is 6.42 Å². The number of H-pyrrole nitrogens is 1. The standard InChI is InChI=1S/C23H19ClFN3O2/c24-18-11-20(19(25)10-16(18)13-4-2-1-3-5-13)27-23(30)28-15-6-7-21(28)17-12-26-22(29)9-14(17)8-15/h1-5,9-12,15,21H,6-8H2,(H,26,29)(H,27,30)/t15-,21+/m0/s1. The second kappa shape index (κ2) is 7.29. The number of aromatic nitrogens is 1. The maximum Gasteiger partial charge on any atom is 0.322 e. The Morgan fingerprint density at radius 2 is 1.97 bits per heavy atom. The number of carbonyl (C=O) groups is 1. The number of nitrogens with zero attached hydrogens (tertiary/aromatic N) is 1. The molecule has 3 heterocycles. The Balaban J connectivity index is 1.42. The highest BCUT2D eigenvalue weighted by molar-refractivity contribution is 6.33. The van der Waals surface area contributed by atoms with Crippen LogP contribution in [0.15, 0.2) is 59.5 Å². The van der Waals surface area contributed by atoms with Crippen molar-refractivity contribution >= 4 is 23.3 Å². The number of urea groups is 1. The molecule has 2 bridgehead atoms. The van der Waals surface area contributed by atoms with Gasteiger partial charge in [0.25, 0.3) is 0 Å². The van der Waals surface area contributed by atoms with Crippen molar-refractivity contribution in [2.24, 2.45) is 0 Å². The van der Waals surface area contributed by atoms with Gasteiger partial charge in [-0.05, 0) is 48.1 Å². The van der Waals surface area contributed by atoms with Crippen LogP contribution in [0.1, 0.15) is 30.0 Å². The maximum atomic E-state index is 14.8. The Hall–Kier alpha value is -3.12. The molecule has 0 spiro atoms. The zero-order valence-electron chi connectivity index (χ0n) is 16.0. The van der Waals surface area contributed by atoms with Gasteiger partial charge in [-0.25, -0.2) is 9.18 Å². The molecule has 3 aromatic rings. The van der Waals surface area contributed by atoms with Crippen molar-refractivity contribution in [3.63, 3.8) is 0 Å². The van der Waals surface area contributed by atoms with E-state index in [1.165, 1.54) is 12.1 Å². The third-order valence-electron chi connectivity index (χ3n) is 5.98. The predicted octanol–water partition coefficient (Wildman–Crippen LogP) is 5.13. The molecule has 2 aromatic carbocycles. The molecular weight excluding hydrogens is 405 g/mol. The monoisotopic (exact) mass is 423 g/mol. The topological polar surface area (TPSA) is 65.2 Å². The summed E-state index contributed by atoms with van der Waals surface area (Å²) in [5.41, 5.74) is 3.23. The first-order valence-corrected chi connectivity index (χ1v) is 10.2. The molecule has 2 aliphatic heterocycles. The Labute approximate surface area is 177 Å². The van der Waals surface area contributed by atoms with Crippen molar-refractivity contribution in [3.8, 4) is 11.1 Å². The highest BCUT2D eigenvalue weighted by atomic mass is 35.5. The average molecular weight is 424 g/mol. The summed E-state index contributed by atoms with van der Waals surface area (Å²) >= 11 is 6.39. The molecule has 152 valence electrons. The van der Waals surface area contributed by atoms with Crippen LogP contribution in [0, 0.1) is 5.82 Å². The molecule has 5 rings (SSSR count). The minimum atomic E-state index is -0.541. The second-order valence-corrected chi connectivity index (χ2v) is 8.15. The number of pyridine rings is 1. The van der Waals surface area contributed by atoms with E-state index in [9.17, 15) is 14.0 Å². The fourth-order valence-corrected chi connectivity index (χ4v) is 4.90.